The van der Waals surface area contributed by atoms with Crippen LogP contribution in [-0.4, -0.2) is 28.0 Å². The Morgan fingerprint density at radius 2 is 2.11 bits per heavy atom. The first-order valence-electron chi connectivity index (χ1n) is 6.12. The van der Waals surface area contributed by atoms with E-state index in [0.29, 0.717) is 30.6 Å². The molecule has 0 saturated carbocycles. The average molecular weight is 272 g/mol. The number of carbonyl (C=O) groups is 1. The van der Waals surface area contributed by atoms with Gasteiger partial charge in [-0.15, -0.1) is 22.0 Å². The van der Waals surface area contributed by atoms with E-state index >= 15 is 0 Å². The van der Waals surface area contributed by atoms with E-state index < -0.39 is 0 Å². The lowest BCUT2D eigenvalue weighted by Crippen LogP contribution is -2.10. The third-order valence-corrected chi connectivity index (χ3v) is 3.38. The number of thioether (sulfide) groups is 1. The molecule has 0 unspecified atom stereocenters. The van der Waals surface area contributed by atoms with Gasteiger partial charge in [-0.05, 0) is 6.92 Å². The lowest BCUT2D eigenvalue weighted by molar-refractivity contribution is -0.142. The van der Waals surface area contributed by atoms with E-state index in [1.54, 1.807) is 11.8 Å². The van der Waals surface area contributed by atoms with Gasteiger partial charge in [0, 0.05) is 11.2 Å². The zero-order chi connectivity index (χ0) is 13.5. The van der Waals surface area contributed by atoms with Crippen molar-refractivity contribution in [3.63, 3.8) is 0 Å². The van der Waals surface area contributed by atoms with Gasteiger partial charge in [0.05, 0.1) is 18.8 Å². The summed E-state index contributed by atoms with van der Waals surface area (Å²) in [7, 11) is 0. The summed E-state index contributed by atoms with van der Waals surface area (Å²) in [5, 5.41) is 8.11. The normalized spacial score (nSPS) is 12.7. The van der Waals surface area contributed by atoms with Crippen LogP contribution in [0.1, 0.15) is 51.8 Å². The van der Waals surface area contributed by atoms with E-state index in [9.17, 15) is 4.79 Å². The van der Waals surface area contributed by atoms with Crippen molar-refractivity contribution >= 4 is 17.7 Å². The van der Waals surface area contributed by atoms with Gasteiger partial charge in [-0.25, -0.2) is 0 Å². The molecule has 1 aromatic heterocycles. The monoisotopic (exact) mass is 272 g/mol. The fraction of sp³-hybridized carbons (Fsp3) is 0.750. The Kier molecular flexibility index (Phi) is 6.18. The summed E-state index contributed by atoms with van der Waals surface area (Å²) in [6.07, 6.45) is 0.406. The topological polar surface area (TPSA) is 65.2 Å². The predicted molar refractivity (Wildman–Crippen MR) is 70.4 cm³/mol. The molecule has 0 bridgehead atoms. The van der Waals surface area contributed by atoms with E-state index in [0.717, 1.165) is 0 Å². The summed E-state index contributed by atoms with van der Waals surface area (Å²) in [5.74, 6) is 1.97. The third-order valence-electron chi connectivity index (χ3n) is 2.23. The quantitative estimate of drug-likeness (QED) is 0.711. The number of hydrogen-bond donors (Lipinski definition) is 0. The van der Waals surface area contributed by atoms with Crippen molar-refractivity contribution in [2.24, 2.45) is 0 Å². The Bertz CT molecular complexity index is 379. The van der Waals surface area contributed by atoms with Crippen LogP contribution in [0.25, 0.3) is 0 Å². The van der Waals surface area contributed by atoms with Crippen molar-refractivity contribution in [1.82, 2.24) is 10.2 Å². The molecule has 1 rings (SSSR count). The Labute approximate surface area is 112 Å². The minimum absolute atomic E-state index is 0.161. The van der Waals surface area contributed by atoms with Gasteiger partial charge in [-0.3, -0.25) is 4.79 Å². The molecule has 102 valence electrons. The number of carbonyl (C=O) groups excluding carboxylic acids is 1. The van der Waals surface area contributed by atoms with Gasteiger partial charge >= 0.3 is 5.97 Å². The Hall–Kier alpha value is -1.04. The second-order valence-electron chi connectivity index (χ2n) is 4.32. The van der Waals surface area contributed by atoms with Crippen LogP contribution >= 0.6 is 11.8 Å². The molecule has 6 heteroatoms. The highest BCUT2D eigenvalue weighted by Gasteiger charge is 2.14. The molecule has 1 atom stereocenters. The molecule has 5 nitrogen and oxygen atoms in total. The lowest BCUT2D eigenvalue weighted by Gasteiger charge is -2.08. The molecule has 0 spiro atoms. The zero-order valence-electron chi connectivity index (χ0n) is 11.3. The molecule has 1 heterocycles. The van der Waals surface area contributed by atoms with Crippen LogP contribution in [0.15, 0.2) is 4.42 Å². The first-order valence-corrected chi connectivity index (χ1v) is 7.17. The zero-order valence-corrected chi connectivity index (χ0v) is 12.1. The van der Waals surface area contributed by atoms with E-state index in [1.165, 1.54) is 0 Å². The largest absolute Gasteiger partial charge is 0.466 e. The maximum atomic E-state index is 11.3. The summed E-state index contributed by atoms with van der Waals surface area (Å²) < 4.78 is 10.4. The molecule has 0 amide bonds. The molecule has 18 heavy (non-hydrogen) atoms. The van der Waals surface area contributed by atoms with Crippen LogP contribution in [-0.2, 0) is 15.3 Å². The standard InChI is InChI=1S/C12H20N2O3S/c1-5-16-11(15)6-9(4)18-7-10-13-14-12(17-10)8(2)3/h8-9H,5-7H2,1-4H3/t9-/m0/s1. The highest BCUT2D eigenvalue weighted by atomic mass is 32.2. The van der Waals surface area contributed by atoms with Crippen molar-refractivity contribution in [1.29, 1.82) is 0 Å². The first kappa shape index (κ1) is 15.0. The average Bonchev–Trinajstić information content (AvgIpc) is 2.75. The number of aromatic nitrogens is 2. The molecule has 1 aromatic rings. The smallest absolute Gasteiger partial charge is 0.306 e. The summed E-state index contributed by atoms with van der Waals surface area (Å²) in [4.78, 5) is 11.3. The van der Waals surface area contributed by atoms with Gasteiger partial charge < -0.3 is 9.15 Å². The molecular formula is C12H20N2O3S. The molecule has 0 N–H and O–H groups in total. The second kappa shape index (κ2) is 7.41. The molecular weight excluding hydrogens is 252 g/mol. The number of hydrogen-bond acceptors (Lipinski definition) is 6. The highest BCUT2D eigenvalue weighted by Crippen LogP contribution is 2.21. The van der Waals surface area contributed by atoms with Crippen LogP contribution in [0.5, 0.6) is 0 Å². The number of ether oxygens (including phenoxy) is 1. The summed E-state index contributed by atoms with van der Waals surface area (Å²) in [6, 6.07) is 0. The molecule has 0 aliphatic carbocycles. The van der Waals surface area contributed by atoms with Crippen molar-refractivity contribution in [3.05, 3.63) is 11.8 Å². The van der Waals surface area contributed by atoms with Gasteiger partial charge in [-0.2, -0.15) is 0 Å². The van der Waals surface area contributed by atoms with Gasteiger partial charge in [0.25, 0.3) is 0 Å². The highest BCUT2D eigenvalue weighted by molar-refractivity contribution is 7.99. The first-order chi connectivity index (χ1) is 8.52. The van der Waals surface area contributed by atoms with Crippen LogP contribution in [0.2, 0.25) is 0 Å². The van der Waals surface area contributed by atoms with Crippen LogP contribution in [0.4, 0.5) is 0 Å². The van der Waals surface area contributed by atoms with Crippen molar-refractivity contribution < 1.29 is 13.9 Å². The molecule has 0 fully saturated rings. The van der Waals surface area contributed by atoms with Gasteiger partial charge in [0.1, 0.15) is 0 Å². The van der Waals surface area contributed by atoms with E-state index in [2.05, 4.69) is 10.2 Å². The summed E-state index contributed by atoms with van der Waals surface area (Å²) in [6.45, 7) is 8.24. The molecule has 0 aliphatic heterocycles. The Balaban J connectivity index is 2.33. The van der Waals surface area contributed by atoms with Crippen molar-refractivity contribution in [2.45, 2.75) is 51.0 Å². The maximum Gasteiger partial charge on any atom is 0.306 e. The second-order valence-corrected chi connectivity index (χ2v) is 5.75. The van der Waals surface area contributed by atoms with Crippen molar-refractivity contribution in [2.75, 3.05) is 6.61 Å². The SMILES string of the molecule is CCOC(=O)C[C@H](C)SCc1nnc(C(C)C)o1. The summed E-state index contributed by atoms with van der Waals surface area (Å²) >= 11 is 1.61. The minimum Gasteiger partial charge on any atom is -0.466 e. The van der Waals surface area contributed by atoms with Crippen LogP contribution in [0, 0.1) is 0 Å². The fourth-order valence-electron chi connectivity index (χ4n) is 1.29. The van der Waals surface area contributed by atoms with Gasteiger partial charge in [0.15, 0.2) is 0 Å². The number of rotatable bonds is 7. The Morgan fingerprint density at radius 3 is 2.67 bits per heavy atom. The maximum absolute atomic E-state index is 11.3. The molecule has 0 aromatic carbocycles. The third kappa shape index (κ3) is 5.08. The van der Waals surface area contributed by atoms with Crippen LogP contribution < -0.4 is 0 Å². The fourth-order valence-corrected chi connectivity index (χ4v) is 2.08. The van der Waals surface area contributed by atoms with E-state index in [4.69, 9.17) is 9.15 Å². The van der Waals surface area contributed by atoms with Gasteiger partial charge in [0.2, 0.25) is 11.8 Å². The molecule has 0 aliphatic rings. The number of nitrogens with zero attached hydrogens (tertiary/aromatic N) is 2. The van der Waals surface area contributed by atoms with Crippen molar-refractivity contribution in [3.8, 4) is 0 Å². The summed E-state index contributed by atoms with van der Waals surface area (Å²) in [5.41, 5.74) is 0. The Morgan fingerprint density at radius 1 is 1.39 bits per heavy atom. The number of esters is 1. The van der Waals surface area contributed by atoms with E-state index in [1.807, 2.05) is 27.7 Å². The van der Waals surface area contributed by atoms with Crippen LogP contribution in [0.3, 0.4) is 0 Å². The minimum atomic E-state index is -0.161. The lowest BCUT2D eigenvalue weighted by atomic mass is 10.2. The molecule has 0 radical (unpaired) electrons. The van der Waals surface area contributed by atoms with E-state index in [-0.39, 0.29) is 17.1 Å². The predicted octanol–water partition coefficient (Wildman–Crippen LogP) is 2.77. The molecule has 0 saturated heterocycles. The van der Waals surface area contributed by atoms with Gasteiger partial charge in [-0.1, -0.05) is 20.8 Å².